The summed E-state index contributed by atoms with van der Waals surface area (Å²) in [4.78, 5) is 54.8. The van der Waals surface area contributed by atoms with Crippen molar-refractivity contribution in [2.45, 2.75) is 19.4 Å². The Morgan fingerprint density at radius 2 is 1.66 bits per heavy atom. The number of nitro groups is 1. The minimum atomic E-state index is -1.73. The van der Waals surface area contributed by atoms with Crippen LogP contribution in [0.15, 0.2) is 78.9 Å². The van der Waals surface area contributed by atoms with E-state index in [2.05, 4.69) is 5.32 Å². The summed E-state index contributed by atoms with van der Waals surface area (Å²) in [7, 11) is 0. The largest absolute Gasteiger partial charge is 0.363 e. The molecule has 4 amide bonds. The molecule has 9 nitrogen and oxygen atoms in total. The van der Waals surface area contributed by atoms with Crippen LogP contribution in [-0.2, 0) is 16.0 Å². The maximum absolute atomic E-state index is 14.3. The zero-order chi connectivity index (χ0) is 24.7. The summed E-state index contributed by atoms with van der Waals surface area (Å²) in [5.74, 6) is -1.38. The number of fused-ring (bicyclic) bond motifs is 1. The highest BCUT2D eigenvalue weighted by Gasteiger charge is 2.62. The van der Waals surface area contributed by atoms with Crippen molar-refractivity contribution in [2.75, 3.05) is 16.3 Å². The molecule has 3 aromatic carbocycles. The van der Waals surface area contributed by atoms with Gasteiger partial charge in [0.25, 0.3) is 11.6 Å². The Bertz CT molecular complexity index is 1340. The molecule has 0 bridgehead atoms. The normalized spacial score (nSPS) is 21.6. The van der Waals surface area contributed by atoms with Crippen molar-refractivity contribution in [3.63, 3.8) is 0 Å². The molecular formula is C26H22N4O5. The number of rotatable bonds is 4. The number of urea groups is 1. The molecule has 0 aromatic heterocycles. The Morgan fingerprint density at radius 3 is 2.29 bits per heavy atom. The quantitative estimate of drug-likeness (QED) is 0.351. The van der Waals surface area contributed by atoms with Gasteiger partial charge in [-0.3, -0.25) is 25.0 Å². The Kier molecular flexibility index (Phi) is 5.32. The molecule has 9 heteroatoms. The molecule has 1 fully saturated rings. The predicted octanol–water partition coefficient (Wildman–Crippen LogP) is 3.99. The minimum absolute atomic E-state index is 0.0959. The van der Waals surface area contributed by atoms with Gasteiger partial charge in [0.1, 0.15) is 0 Å². The molecule has 1 saturated heterocycles. The summed E-state index contributed by atoms with van der Waals surface area (Å²) in [6.07, 6.45) is -0.0959. The molecule has 0 unspecified atom stereocenters. The van der Waals surface area contributed by atoms with E-state index in [0.29, 0.717) is 23.5 Å². The number of non-ortho nitro benzene ring substituents is 1. The third-order valence-corrected chi connectivity index (χ3v) is 6.71. The Morgan fingerprint density at radius 1 is 1.00 bits per heavy atom. The molecule has 5 rings (SSSR count). The molecule has 1 N–H and O–H groups in total. The molecule has 0 saturated carbocycles. The van der Waals surface area contributed by atoms with Crippen molar-refractivity contribution in [2.24, 2.45) is 5.41 Å². The smallest absolute Gasteiger partial charge is 0.335 e. The number of carbonyl (C=O) groups is 3. The monoisotopic (exact) mass is 470 g/mol. The van der Waals surface area contributed by atoms with E-state index in [1.807, 2.05) is 42.2 Å². The lowest BCUT2D eigenvalue weighted by Gasteiger charge is -2.51. The number of benzene rings is 3. The lowest BCUT2D eigenvalue weighted by molar-refractivity contribution is -0.384. The standard InChI is InChI=1S/C26H22N4O5/c1-2-28-21-14-13-20(30(34)35)15-18(21)16-26(22(28)17-9-5-3-6-10-17)23(31)27-25(33)29(24(26)32)19-11-7-4-8-12-19/h3-15,22H,2,16H2,1H3,(H,27,31,33)/t22-,26+/m1/s1. The first-order valence-electron chi connectivity index (χ1n) is 11.2. The van der Waals surface area contributed by atoms with Crippen molar-refractivity contribution >= 4 is 34.9 Å². The summed E-state index contributed by atoms with van der Waals surface area (Å²) < 4.78 is 0. The van der Waals surface area contributed by atoms with Gasteiger partial charge in [-0.15, -0.1) is 0 Å². The summed E-state index contributed by atoms with van der Waals surface area (Å²) in [5.41, 5.74) is 0.405. The Balaban J connectivity index is 1.77. The van der Waals surface area contributed by atoms with Gasteiger partial charge in [-0.2, -0.15) is 0 Å². The van der Waals surface area contributed by atoms with Crippen LogP contribution in [-0.4, -0.2) is 29.3 Å². The molecule has 1 spiro atoms. The fraction of sp³-hybridized carbons (Fsp3) is 0.192. The number of nitro benzene ring substituents is 1. The van der Waals surface area contributed by atoms with Crippen molar-refractivity contribution in [3.8, 4) is 0 Å². The van der Waals surface area contributed by atoms with Crippen LogP contribution in [0.25, 0.3) is 0 Å². The minimum Gasteiger partial charge on any atom is -0.363 e. The van der Waals surface area contributed by atoms with E-state index in [9.17, 15) is 24.5 Å². The van der Waals surface area contributed by atoms with Crippen LogP contribution < -0.4 is 15.1 Å². The van der Waals surface area contributed by atoms with Crippen LogP contribution in [0.2, 0.25) is 0 Å². The molecule has 0 radical (unpaired) electrons. The van der Waals surface area contributed by atoms with Gasteiger partial charge in [-0.05, 0) is 36.2 Å². The average Bonchev–Trinajstić information content (AvgIpc) is 2.87. The average molecular weight is 470 g/mol. The lowest BCUT2D eigenvalue weighted by Crippen LogP contribution is -2.69. The van der Waals surface area contributed by atoms with E-state index in [-0.39, 0.29) is 12.1 Å². The SMILES string of the molecule is CCN1c2ccc([N+](=O)[O-])cc2C[C@@]2(C(=O)NC(=O)N(c3ccccc3)C2=O)[C@H]1c1ccccc1. The lowest BCUT2D eigenvalue weighted by atomic mass is 9.66. The maximum Gasteiger partial charge on any atom is 0.335 e. The fourth-order valence-electron chi connectivity index (χ4n) is 5.22. The molecule has 3 aromatic rings. The molecule has 2 aliphatic rings. The molecule has 2 aliphatic heterocycles. The van der Waals surface area contributed by atoms with Crippen molar-refractivity contribution in [3.05, 3.63) is 100 Å². The second kappa shape index (κ2) is 8.35. The highest BCUT2D eigenvalue weighted by Crippen LogP contribution is 2.52. The van der Waals surface area contributed by atoms with Crippen LogP contribution in [0.3, 0.4) is 0 Å². The summed E-state index contributed by atoms with van der Waals surface area (Å²) in [6.45, 7) is 2.32. The molecule has 176 valence electrons. The number of hydrogen-bond donors (Lipinski definition) is 1. The number of imide groups is 2. The fourth-order valence-corrected chi connectivity index (χ4v) is 5.22. The highest BCUT2D eigenvalue weighted by atomic mass is 16.6. The summed E-state index contributed by atoms with van der Waals surface area (Å²) in [6, 6.07) is 20.5. The van der Waals surface area contributed by atoms with Crippen LogP contribution in [0.5, 0.6) is 0 Å². The zero-order valence-electron chi connectivity index (χ0n) is 18.9. The van der Waals surface area contributed by atoms with E-state index in [1.54, 1.807) is 36.4 Å². The van der Waals surface area contributed by atoms with Crippen LogP contribution in [0.4, 0.5) is 21.9 Å². The first-order valence-corrected chi connectivity index (χ1v) is 11.2. The number of hydrogen-bond acceptors (Lipinski definition) is 6. The number of amides is 4. The van der Waals surface area contributed by atoms with Gasteiger partial charge in [0, 0.05) is 30.8 Å². The van der Waals surface area contributed by atoms with Crippen LogP contribution in [0, 0.1) is 15.5 Å². The van der Waals surface area contributed by atoms with Crippen LogP contribution in [0.1, 0.15) is 24.1 Å². The van der Waals surface area contributed by atoms with Crippen molar-refractivity contribution < 1.29 is 19.3 Å². The van der Waals surface area contributed by atoms with E-state index < -0.39 is 34.2 Å². The van der Waals surface area contributed by atoms with E-state index in [4.69, 9.17) is 0 Å². The second-order valence-electron chi connectivity index (χ2n) is 8.55. The molecule has 35 heavy (non-hydrogen) atoms. The highest BCUT2D eigenvalue weighted by molar-refractivity contribution is 6.30. The number of nitrogens with zero attached hydrogens (tertiary/aromatic N) is 3. The molecule has 2 heterocycles. The molecular weight excluding hydrogens is 448 g/mol. The molecule has 0 aliphatic carbocycles. The topological polar surface area (TPSA) is 113 Å². The number of carbonyl (C=O) groups excluding carboxylic acids is 3. The van der Waals surface area contributed by atoms with Crippen LogP contribution >= 0.6 is 0 Å². The number of nitrogens with one attached hydrogen (secondary N) is 1. The third kappa shape index (κ3) is 3.35. The van der Waals surface area contributed by atoms with Gasteiger partial charge >= 0.3 is 6.03 Å². The first-order chi connectivity index (χ1) is 16.9. The van der Waals surface area contributed by atoms with Gasteiger partial charge in [0.05, 0.1) is 16.7 Å². The number of anilines is 2. The van der Waals surface area contributed by atoms with Gasteiger partial charge < -0.3 is 4.90 Å². The van der Waals surface area contributed by atoms with E-state index in [0.717, 1.165) is 10.5 Å². The Labute approximate surface area is 201 Å². The second-order valence-corrected chi connectivity index (χ2v) is 8.55. The molecule has 2 atom stereocenters. The van der Waals surface area contributed by atoms with Gasteiger partial charge in [0.2, 0.25) is 5.91 Å². The van der Waals surface area contributed by atoms with Gasteiger partial charge in [0.15, 0.2) is 5.41 Å². The summed E-state index contributed by atoms with van der Waals surface area (Å²) >= 11 is 0. The predicted molar refractivity (Wildman–Crippen MR) is 129 cm³/mol. The third-order valence-electron chi connectivity index (χ3n) is 6.71. The zero-order valence-corrected chi connectivity index (χ0v) is 18.9. The Hall–Kier alpha value is -4.53. The van der Waals surface area contributed by atoms with E-state index in [1.165, 1.54) is 12.1 Å². The maximum atomic E-state index is 14.3. The number of barbiturate groups is 1. The van der Waals surface area contributed by atoms with Gasteiger partial charge in [-0.25, -0.2) is 9.69 Å². The van der Waals surface area contributed by atoms with E-state index >= 15 is 0 Å². The van der Waals surface area contributed by atoms with Gasteiger partial charge in [-0.1, -0.05) is 48.5 Å². The summed E-state index contributed by atoms with van der Waals surface area (Å²) in [5, 5.41) is 13.9. The van der Waals surface area contributed by atoms with Crippen molar-refractivity contribution in [1.82, 2.24) is 5.32 Å². The van der Waals surface area contributed by atoms with Crippen molar-refractivity contribution in [1.29, 1.82) is 0 Å². The first kappa shape index (κ1) is 22.3. The number of para-hydroxylation sites is 1.